The van der Waals surface area contributed by atoms with Crippen LogP contribution in [-0.2, 0) is 24.3 Å². The first-order valence-electron chi connectivity index (χ1n) is 20.8. The Kier molecular flexibility index (Phi) is 14.4. The number of nitrogens with one attached hydrogen (secondary N) is 3. The van der Waals surface area contributed by atoms with E-state index in [9.17, 15) is 19.7 Å². The number of H-pyrrole nitrogens is 1. The average Bonchev–Trinajstić information content (AvgIpc) is 3.62. The molecule has 1 fully saturated rings. The number of aromatic nitrogens is 2. The van der Waals surface area contributed by atoms with Crippen LogP contribution in [0.4, 0.5) is 17.5 Å². The van der Waals surface area contributed by atoms with Crippen LogP contribution < -0.4 is 30.4 Å². The Hall–Kier alpha value is -6.07. The van der Waals surface area contributed by atoms with Gasteiger partial charge in [-0.25, -0.2) is 0 Å². The molecule has 1 saturated heterocycles. The highest BCUT2D eigenvalue weighted by Gasteiger charge is 2.47. The molecule has 0 spiro atoms. The molecule has 1 amide bonds. The summed E-state index contributed by atoms with van der Waals surface area (Å²) in [6.07, 6.45) is -1.95. The Morgan fingerprint density at radius 2 is 1.44 bits per heavy atom. The van der Waals surface area contributed by atoms with E-state index in [4.69, 9.17) is 28.1 Å². The molecule has 63 heavy (non-hydrogen) atoms. The lowest BCUT2D eigenvalue weighted by Crippen LogP contribution is -2.47. The number of hydrogen-bond donors (Lipinski definition) is 3. The first-order chi connectivity index (χ1) is 29.9. The van der Waals surface area contributed by atoms with Crippen LogP contribution in [0.25, 0.3) is 0 Å². The summed E-state index contributed by atoms with van der Waals surface area (Å²) in [6.45, 7) is 14.4. The number of nitro groups is 1. The number of hydrogen-bond acceptors (Lipinski definition) is 12. The smallest absolute Gasteiger partial charge is 0.375 e. The second-order valence-electron chi connectivity index (χ2n) is 17.2. The maximum absolute atomic E-state index is 13.2. The van der Waals surface area contributed by atoms with Crippen molar-refractivity contribution in [2.24, 2.45) is 0 Å². The molecule has 0 bridgehead atoms. The number of carbonyl (C=O) groups is 1. The molecule has 1 aromatic heterocycles. The summed E-state index contributed by atoms with van der Waals surface area (Å²) >= 11 is 0. The zero-order chi connectivity index (χ0) is 45.5. The minimum Gasteiger partial charge on any atom is -0.497 e. The third-order valence-electron chi connectivity index (χ3n) is 11.6. The van der Waals surface area contributed by atoms with Crippen LogP contribution >= 0.6 is 0 Å². The molecule has 0 radical (unpaired) electrons. The third-order valence-corrected chi connectivity index (χ3v) is 16.1. The number of ether oxygens (including phenoxy) is 5. The maximum Gasteiger partial charge on any atom is 0.375 e. The summed E-state index contributed by atoms with van der Waals surface area (Å²) in [5.41, 5.74) is 0.519. The van der Waals surface area contributed by atoms with Gasteiger partial charge in [0.25, 0.3) is 5.91 Å². The molecule has 1 aliphatic heterocycles. The zero-order valence-corrected chi connectivity index (χ0v) is 38.2. The highest BCUT2D eigenvalue weighted by atomic mass is 28.4. The standard InChI is InChI=1S/C47H57N5O10Si/c1-30(2)31-15-21-37(22-16-31)59-29-40(53)48-45-50-43(42(52(55)56)44(54)51-45)49-41-27-38(62-63(8,9)46(3,4)5)39(61-41)28-60-47(32-13-11-10-12-14-32,33-17-23-35(57-6)24-18-33)34-19-25-36(58-7)26-20-34/h10-26,30,38-39,41H,27-29H2,1-9H3,(H3,48,49,50,51,53,54)/t38-,39+,41?/m0/s1. The zero-order valence-electron chi connectivity index (χ0n) is 37.2. The van der Waals surface area contributed by atoms with Crippen molar-refractivity contribution in [1.29, 1.82) is 0 Å². The van der Waals surface area contributed by atoms with Gasteiger partial charge >= 0.3 is 11.2 Å². The molecule has 3 N–H and O–H groups in total. The van der Waals surface area contributed by atoms with E-state index < -0.39 is 66.9 Å². The first-order valence-corrected chi connectivity index (χ1v) is 23.7. The predicted octanol–water partition coefficient (Wildman–Crippen LogP) is 8.76. The van der Waals surface area contributed by atoms with Gasteiger partial charge in [0.2, 0.25) is 11.8 Å². The second-order valence-corrected chi connectivity index (χ2v) is 22.0. The molecular formula is C47H57N5O10Si. The van der Waals surface area contributed by atoms with Crippen LogP contribution in [-0.4, -0.2) is 75.0 Å². The predicted molar refractivity (Wildman–Crippen MR) is 243 cm³/mol. The van der Waals surface area contributed by atoms with Crippen molar-refractivity contribution in [2.75, 3.05) is 38.1 Å². The van der Waals surface area contributed by atoms with Crippen molar-refractivity contribution < 1.29 is 37.8 Å². The van der Waals surface area contributed by atoms with Gasteiger partial charge in [0.15, 0.2) is 14.9 Å². The average molecular weight is 880 g/mol. The van der Waals surface area contributed by atoms with E-state index in [0.29, 0.717) is 23.2 Å². The number of aromatic amines is 1. The molecule has 1 aliphatic rings. The van der Waals surface area contributed by atoms with Crippen molar-refractivity contribution in [1.82, 2.24) is 9.97 Å². The number of amides is 1. The number of anilines is 2. The molecule has 6 rings (SSSR count). The fraction of sp³-hybridized carbons (Fsp3) is 0.383. The van der Waals surface area contributed by atoms with Crippen molar-refractivity contribution in [3.63, 3.8) is 0 Å². The van der Waals surface area contributed by atoms with Crippen LogP contribution in [0.2, 0.25) is 18.1 Å². The van der Waals surface area contributed by atoms with E-state index in [1.165, 1.54) is 0 Å². The van der Waals surface area contributed by atoms with Gasteiger partial charge in [-0.15, -0.1) is 0 Å². The number of carbonyl (C=O) groups excluding carboxylic acids is 1. The number of rotatable bonds is 18. The summed E-state index contributed by atoms with van der Waals surface area (Å²) in [7, 11) is 0.767. The fourth-order valence-corrected chi connectivity index (χ4v) is 8.49. The summed E-state index contributed by atoms with van der Waals surface area (Å²) in [5, 5.41) is 17.6. The normalized spacial score (nSPS) is 16.7. The quantitative estimate of drug-likeness (QED) is 0.0330. The minimum atomic E-state index is -2.46. The SMILES string of the molecule is COc1ccc(C(OC[C@H]2OC(Nc3nc(NC(=O)COc4ccc(C(C)C)cc4)[nH]c(=O)c3[N+](=O)[O-])C[C@@H]2O[Si](C)(C)C(C)(C)C)(c2ccccc2)c2ccc(OC)cc2)cc1. The van der Waals surface area contributed by atoms with Crippen molar-refractivity contribution in [2.45, 2.75) is 89.1 Å². The first kappa shape index (κ1) is 46.4. The molecule has 3 atom stereocenters. The second kappa shape index (κ2) is 19.5. The maximum atomic E-state index is 13.2. The topological polar surface area (TPSA) is 185 Å². The molecule has 15 nitrogen and oxygen atoms in total. The van der Waals surface area contributed by atoms with E-state index in [-0.39, 0.29) is 24.0 Å². The monoisotopic (exact) mass is 879 g/mol. The lowest BCUT2D eigenvalue weighted by atomic mass is 9.80. The molecular weight excluding hydrogens is 823 g/mol. The van der Waals surface area contributed by atoms with Gasteiger partial charge in [-0.3, -0.25) is 30.0 Å². The van der Waals surface area contributed by atoms with E-state index in [1.807, 2.05) is 91.0 Å². The highest BCUT2D eigenvalue weighted by Crippen LogP contribution is 2.44. The largest absolute Gasteiger partial charge is 0.497 e. The lowest BCUT2D eigenvalue weighted by Gasteiger charge is -2.40. The number of methoxy groups -OCH3 is 2. The van der Waals surface area contributed by atoms with E-state index in [2.05, 4.69) is 68.3 Å². The summed E-state index contributed by atoms with van der Waals surface area (Å²) in [6, 6.07) is 32.6. The van der Waals surface area contributed by atoms with Crippen molar-refractivity contribution in [3.8, 4) is 17.2 Å². The van der Waals surface area contributed by atoms with Crippen molar-refractivity contribution in [3.05, 3.63) is 146 Å². The van der Waals surface area contributed by atoms with Crippen LogP contribution in [0, 0.1) is 10.1 Å². The number of nitrogens with zero attached hydrogens (tertiary/aromatic N) is 2. The van der Waals surface area contributed by atoms with Gasteiger partial charge in [0, 0.05) is 6.42 Å². The van der Waals surface area contributed by atoms with Crippen LogP contribution in [0.5, 0.6) is 17.2 Å². The van der Waals surface area contributed by atoms with Gasteiger partial charge in [-0.05, 0) is 82.7 Å². The molecule has 4 aromatic carbocycles. The summed E-state index contributed by atoms with van der Waals surface area (Å²) in [5.74, 6) is 0.817. The van der Waals surface area contributed by atoms with Gasteiger partial charge in [0.05, 0.1) is 31.9 Å². The minimum absolute atomic E-state index is 0.0107. The lowest BCUT2D eigenvalue weighted by molar-refractivity contribution is -0.385. The molecule has 2 heterocycles. The Morgan fingerprint density at radius 1 is 0.889 bits per heavy atom. The van der Waals surface area contributed by atoms with Gasteiger partial charge in [-0.2, -0.15) is 4.98 Å². The molecule has 0 aliphatic carbocycles. The summed E-state index contributed by atoms with van der Waals surface area (Å²) in [4.78, 5) is 44.2. The van der Waals surface area contributed by atoms with Crippen molar-refractivity contribution >= 4 is 31.7 Å². The number of benzene rings is 4. The van der Waals surface area contributed by atoms with Crippen LogP contribution in [0.3, 0.4) is 0 Å². The van der Waals surface area contributed by atoms with E-state index in [1.54, 1.807) is 26.4 Å². The molecule has 1 unspecified atom stereocenters. The van der Waals surface area contributed by atoms with Gasteiger partial charge in [0.1, 0.15) is 35.2 Å². The molecule has 334 valence electrons. The Morgan fingerprint density at radius 3 is 1.97 bits per heavy atom. The molecule has 16 heteroatoms. The summed E-state index contributed by atoms with van der Waals surface area (Å²) < 4.78 is 37.6. The molecule has 0 saturated carbocycles. The van der Waals surface area contributed by atoms with E-state index >= 15 is 0 Å². The Balaban J connectivity index is 1.31. The molecule has 5 aromatic rings. The third kappa shape index (κ3) is 10.8. The van der Waals surface area contributed by atoms with Gasteiger partial charge < -0.3 is 33.4 Å². The Labute approximate surface area is 368 Å². The van der Waals surface area contributed by atoms with Crippen LogP contribution in [0.1, 0.15) is 69.2 Å². The fourth-order valence-electron chi connectivity index (χ4n) is 7.13. The van der Waals surface area contributed by atoms with Crippen LogP contribution in [0.15, 0.2) is 108 Å². The van der Waals surface area contributed by atoms with Gasteiger partial charge in [-0.1, -0.05) is 101 Å². The highest BCUT2D eigenvalue weighted by molar-refractivity contribution is 6.74. The van der Waals surface area contributed by atoms with E-state index in [0.717, 1.165) is 22.3 Å². The Bertz CT molecular complexity index is 2340.